The van der Waals surface area contributed by atoms with Crippen molar-refractivity contribution >= 4 is 30.8 Å². The molecule has 0 aromatic heterocycles. The Morgan fingerprint density at radius 2 is 2.27 bits per heavy atom. The Labute approximate surface area is 95.5 Å². The van der Waals surface area contributed by atoms with Gasteiger partial charge >= 0.3 is 0 Å². The second-order valence-electron chi connectivity index (χ2n) is 3.48. The second-order valence-corrected chi connectivity index (χ2v) is 4.33. The van der Waals surface area contributed by atoms with E-state index in [4.69, 9.17) is 12.7 Å². The largest absolute Gasteiger partial charge is 0.395 e. The maximum Gasteiger partial charge on any atom is 0.122 e. The molecule has 0 saturated carbocycles. The topological polar surface area (TPSA) is 21.6 Å². The smallest absolute Gasteiger partial charge is 0.122 e. The van der Waals surface area contributed by atoms with Gasteiger partial charge < -0.3 is 4.84 Å². The van der Waals surface area contributed by atoms with E-state index in [9.17, 15) is 0 Å². The van der Waals surface area contributed by atoms with Crippen LogP contribution >= 0.6 is 11.8 Å². The Morgan fingerprint density at radius 3 is 2.87 bits per heavy atom. The molecule has 0 bridgehead atoms. The van der Waals surface area contributed by atoms with E-state index in [-0.39, 0.29) is 0 Å². The summed E-state index contributed by atoms with van der Waals surface area (Å²) in [5.41, 5.74) is 4.09. The summed E-state index contributed by atoms with van der Waals surface area (Å²) in [6.07, 6.45) is 2.93. The van der Waals surface area contributed by atoms with Gasteiger partial charge in [-0.05, 0) is 24.8 Å². The molecule has 0 spiro atoms. The summed E-state index contributed by atoms with van der Waals surface area (Å²) < 4.78 is 0. The highest BCUT2D eigenvalue weighted by molar-refractivity contribution is 7.98. The molecule has 2 radical (unpaired) electrons. The van der Waals surface area contributed by atoms with E-state index < -0.39 is 0 Å². The van der Waals surface area contributed by atoms with Gasteiger partial charge in [0.1, 0.15) is 14.5 Å². The minimum absolute atomic E-state index is 0.678. The number of hydrogen-bond acceptors (Lipinski definition) is 3. The Balaban J connectivity index is 2.55. The molecule has 2 rings (SSSR count). The zero-order valence-corrected chi connectivity index (χ0v) is 9.73. The highest BCUT2D eigenvalue weighted by Crippen LogP contribution is 2.25. The average molecular weight is 217 g/mol. The first-order chi connectivity index (χ1) is 7.24. The van der Waals surface area contributed by atoms with Gasteiger partial charge in [0.05, 0.1) is 5.71 Å². The van der Waals surface area contributed by atoms with Crippen LogP contribution in [0.15, 0.2) is 22.2 Å². The van der Waals surface area contributed by atoms with E-state index in [0.717, 1.165) is 28.7 Å². The molecule has 0 atom stereocenters. The SMILES string of the molecule is [B]c1ccc(SC)c(C2=NOCC2)c1C. The fourth-order valence-electron chi connectivity index (χ4n) is 1.71. The van der Waals surface area contributed by atoms with Gasteiger partial charge in [0.25, 0.3) is 0 Å². The van der Waals surface area contributed by atoms with Crippen LogP contribution in [-0.2, 0) is 4.84 Å². The van der Waals surface area contributed by atoms with Crippen molar-refractivity contribution < 1.29 is 4.84 Å². The normalized spacial score (nSPS) is 14.9. The molecule has 76 valence electrons. The molecule has 1 aliphatic heterocycles. The average Bonchev–Trinajstić information content (AvgIpc) is 2.75. The van der Waals surface area contributed by atoms with Gasteiger partial charge in [-0.1, -0.05) is 16.7 Å². The van der Waals surface area contributed by atoms with E-state index in [1.165, 1.54) is 4.90 Å². The van der Waals surface area contributed by atoms with Crippen molar-refractivity contribution in [2.45, 2.75) is 18.2 Å². The molecular weight excluding hydrogens is 205 g/mol. The minimum Gasteiger partial charge on any atom is -0.395 e. The fourth-order valence-corrected chi connectivity index (χ4v) is 2.39. The van der Waals surface area contributed by atoms with Gasteiger partial charge in [-0.15, -0.1) is 11.8 Å². The molecule has 0 fully saturated rings. The van der Waals surface area contributed by atoms with Crippen LogP contribution in [-0.4, -0.2) is 26.4 Å². The molecule has 1 aliphatic rings. The maximum absolute atomic E-state index is 5.91. The van der Waals surface area contributed by atoms with Crippen LogP contribution in [0.4, 0.5) is 0 Å². The quantitative estimate of drug-likeness (QED) is 0.554. The lowest BCUT2D eigenvalue weighted by Gasteiger charge is -2.12. The summed E-state index contributed by atoms with van der Waals surface area (Å²) in [6, 6.07) is 3.99. The zero-order valence-electron chi connectivity index (χ0n) is 8.91. The Kier molecular flexibility index (Phi) is 3.05. The molecule has 2 nitrogen and oxygen atoms in total. The van der Waals surface area contributed by atoms with E-state index >= 15 is 0 Å². The van der Waals surface area contributed by atoms with Crippen LogP contribution in [0, 0.1) is 6.92 Å². The van der Waals surface area contributed by atoms with Crippen LogP contribution in [0.5, 0.6) is 0 Å². The van der Waals surface area contributed by atoms with Crippen molar-refractivity contribution in [1.82, 2.24) is 0 Å². The Bertz CT molecular complexity index is 417. The van der Waals surface area contributed by atoms with Gasteiger partial charge in [0, 0.05) is 16.9 Å². The molecular formula is C11H12BNOS. The molecule has 0 saturated heterocycles. The number of nitrogens with zero attached hydrogens (tertiary/aromatic N) is 1. The minimum atomic E-state index is 0.678. The van der Waals surface area contributed by atoms with Crippen molar-refractivity contribution in [3.05, 3.63) is 23.3 Å². The molecule has 1 aromatic rings. The lowest BCUT2D eigenvalue weighted by molar-refractivity contribution is 0.174. The molecule has 4 heteroatoms. The van der Waals surface area contributed by atoms with Crippen LogP contribution in [0.25, 0.3) is 0 Å². The third-order valence-electron chi connectivity index (χ3n) is 2.58. The number of hydrogen-bond donors (Lipinski definition) is 0. The Hall–Kier alpha value is -0.895. The lowest BCUT2D eigenvalue weighted by atomic mass is 9.87. The maximum atomic E-state index is 5.91. The van der Waals surface area contributed by atoms with Crippen molar-refractivity contribution in [1.29, 1.82) is 0 Å². The molecule has 1 aromatic carbocycles. The fraction of sp³-hybridized carbons (Fsp3) is 0.364. The highest BCUT2D eigenvalue weighted by Gasteiger charge is 2.17. The summed E-state index contributed by atoms with van der Waals surface area (Å²) in [5.74, 6) is 0. The predicted molar refractivity (Wildman–Crippen MR) is 65.5 cm³/mol. The van der Waals surface area contributed by atoms with Crippen molar-refractivity contribution in [2.24, 2.45) is 5.16 Å². The molecule has 0 amide bonds. The number of oxime groups is 1. The van der Waals surface area contributed by atoms with E-state index in [2.05, 4.69) is 11.4 Å². The molecule has 15 heavy (non-hydrogen) atoms. The van der Waals surface area contributed by atoms with E-state index in [1.54, 1.807) is 11.8 Å². The molecule has 0 unspecified atom stereocenters. The lowest BCUT2D eigenvalue weighted by Crippen LogP contribution is -2.14. The third-order valence-corrected chi connectivity index (χ3v) is 3.36. The molecule has 0 aliphatic carbocycles. The second kappa shape index (κ2) is 4.31. The first-order valence-electron chi connectivity index (χ1n) is 4.86. The molecule has 1 heterocycles. The van der Waals surface area contributed by atoms with E-state index in [1.807, 2.05) is 19.1 Å². The third kappa shape index (κ3) is 1.91. The first kappa shape index (κ1) is 10.6. The monoisotopic (exact) mass is 217 g/mol. The van der Waals surface area contributed by atoms with Gasteiger partial charge in [-0.3, -0.25) is 0 Å². The van der Waals surface area contributed by atoms with Crippen molar-refractivity contribution in [3.8, 4) is 0 Å². The van der Waals surface area contributed by atoms with Crippen LogP contribution in [0.2, 0.25) is 0 Å². The summed E-state index contributed by atoms with van der Waals surface area (Å²) in [5, 5.41) is 4.06. The summed E-state index contributed by atoms with van der Waals surface area (Å²) in [6.45, 7) is 2.71. The van der Waals surface area contributed by atoms with Gasteiger partial charge in [0.2, 0.25) is 0 Å². The van der Waals surface area contributed by atoms with Gasteiger partial charge in [-0.2, -0.15) is 0 Å². The zero-order chi connectivity index (χ0) is 10.8. The predicted octanol–water partition coefficient (Wildman–Crippen LogP) is 1.64. The van der Waals surface area contributed by atoms with Gasteiger partial charge in [-0.25, -0.2) is 0 Å². The Morgan fingerprint density at radius 1 is 1.47 bits per heavy atom. The molecule has 0 N–H and O–H groups in total. The van der Waals surface area contributed by atoms with Crippen LogP contribution < -0.4 is 5.46 Å². The van der Waals surface area contributed by atoms with Crippen LogP contribution in [0.1, 0.15) is 17.5 Å². The summed E-state index contributed by atoms with van der Waals surface area (Å²) in [4.78, 5) is 6.26. The van der Waals surface area contributed by atoms with Crippen LogP contribution in [0.3, 0.4) is 0 Å². The first-order valence-corrected chi connectivity index (χ1v) is 6.08. The van der Waals surface area contributed by atoms with Crippen molar-refractivity contribution in [3.63, 3.8) is 0 Å². The van der Waals surface area contributed by atoms with E-state index in [0.29, 0.717) is 6.61 Å². The highest BCUT2D eigenvalue weighted by atomic mass is 32.2. The number of benzene rings is 1. The van der Waals surface area contributed by atoms with Gasteiger partial charge in [0.15, 0.2) is 0 Å². The number of rotatable bonds is 2. The standard InChI is InChI=1S/C11H12BNOS/c1-7-8(12)3-4-10(15-2)11(7)9-5-6-14-13-9/h3-4H,5-6H2,1-2H3. The summed E-state index contributed by atoms with van der Waals surface area (Å²) >= 11 is 1.71. The number of thioether (sulfide) groups is 1. The summed E-state index contributed by atoms with van der Waals surface area (Å²) in [7, 11) is 5.91. The van der Waals surface area contributed by atoms with Crippen molar-refractivity contribution in [2.75, 3.05) is 12.9 Å².